The third-order valence-corrected chi connectivity index (χ3v) is 7.00. The van der Waals surface area contributed by atoms with E-state index in [0.29, 0.717) is 0 Å². The molecule has 8 aromatic carbocycles. The molecule has 200 valence electrons. The van der Waals surface area contributed by atoms with Crippen LogP contribution >= 0.6 is 0 Å². The molecule has 0 amide bonds. The molecular formula is C42H26O. The van der Waals surface area contributed by atoms with Crippen molar-refractivity contribution in [1.82, 2.24) is 0 Å². The molecule has 9 aromatic rings. The van der Waals surface area contributed by atoms with Crippen LogP contribution in [0.4, 0.5) is 0 Å². The Morgan fingerprint density at radius 2 is 1.02 bits per heavy atom. The Bertz CT molecular complexity index is 3830. The minimum absolute atomic E-state index is 0.403. The first-order valence-electron chi connectivity index (χ1n) is 25.2. The fourth-order valence-corrected chi connectivity index (χ4v) is 5.19. The molecule has 0 fully saturated rings. The number of benzene rings is 8. The van der Waals surface area contributed by atoms with Crippen molar-refractivity contribution in [2.24, 2.45) is 0 Å². The second kappa shape index (κ2) is 9.44. The highest BCUT2D eigenvalue weighted by Crippen LogP contribution is 2.46. The summed E-state index contributed by atoms with van der Waals surface area (Å²) in [7, 11) is 0. The lowest BCUT2D eigenvalue weighted by atomic mass is 9.85. The summed E-state index contributed by atoms with van der Waals surface area (Å²) in [5, 5.41) is -4.56. The summed E-state index contributed by atoms with van der Waals surface area (Å²) < 4.78 is 229. The minimum atomic E-state index is -0.953. The van der Waals surface area contributed by atoms with E-state index in [0.717, 1.165) is 6.07 Å². The normalized spacial score (nSPS) is 19.9. The molecule has 0 saturated carbocycles. The number of fused-ring (bicyclic) bond motifs is 6. The molecule has 0 radical (unpaired) electrons. The molecule has 0 spiro atoms. The van der Waals surface area contributed by atoms with E-state index in [1.165, 1.54) is 0 Å². The van der Waals surface area contributed by atoms with E-state index >= 15 is 0 Å². The van der Waals surface area contributed by atoms with Gasteiger partial charge in [-0.1, -0.05) is 139 Å². The van der Waals surface area contributed by atoms with Crippen LogP contribution < -0.4 is 0 Å². The lowest BCUT2D eigenvalue weighted by molar-refractivity contribution is 0.670. The molecule has 0 aliphatic heterocycles. The lowest BCUT2D eigenvalue weighted by Crippen LogP contribution is -1.91. The van der Waals surface area contributed by atoms with Gasteiger partial charge in [0, 0.05) is 21.9 Å². The third-order valence-electron chi connectivity index (χ3n) is 7.00. The maximum Gasteiger partial charge on any atom is 0.143 e. The fraction of sp³-hybridized carbons (Fsp3) is 0. The maximum atomic E-state index is 9.72. The molecule has 1 nitrogen and oxygen atoms in total. The Hall–Kier alpha value is -5.66. The number of rotatable bonds is 3. The molecule has 0 aliphatic carbocycles. The van der Waals surface area contributed by atoms with Crippen LogP contribution in [0.5, 0.6) is 0 Å². The first-order valence-corrected chi connectivity index (χ1v) is 12.7. The monoisotopic (exact) mass is 571 g/mol. The van der Waals surface area contributed by atoms with Gasteiger partial charge in [-0.25, -0.2) is 0 Å². The zero-order chi connectivity index (χ0) is 50.1. The van der Waals surface area contributed by atoms with Gasteiger partial charge in [0.25, 0.3) is 0 Å². The van der Waals surface area contributed by atoms with E-state index in [1.54, 1.807) is 0 Å². The number of furan rings is 1. The topological polar surface area (TPSA) is 13.1 Å². The molecule has 0 saturated heterocycles. The van der Waals surface area contributed by atoms with Crippen LogP contribution in [0.1, 0.15) is 34.3 Å². The Morgan fingerprint density at radius 1 is 0.395 bits per heavy atom. The minimum Gasteiger partial charge on any atom is -0.455 e. The summed E-state index contributed by atoms with van der Waals surface area (Å²) >= 11 is 0. The van der Waals surface area contributed by atoms with Gasteiger partial charge in [-0.15, -0.1) is 0 Å². The predicted molar refractivity (Wildman–Crippen MR) is 183 cm³/mol. The molecule has 1 heteroatoms. The van der Waals surface area contributed by atoms with Crippen molar-refractivity contribution >= 4 is 54.3 Å². The van der Waals surface area contributed by atoms with Gasteiger partial charge in [0.1, 0.15) is 11.2 Å². The molecular weight excluding hydrogens is 520 g/mol. The van der Waals surface area contributed by atoms with Crippen LogP contribution in [-0.4, -0.2) is 0 Å². The first-order chi connectivity index (χ1) is 31.7. The lowest BCUT2D eigenvalue weighted by Gasteiger charge is -2.18. The van der Waals surface area contributed by atoms with Gasteiger partial charge in [-0.2, -0.15) is 0 Å². The summed E-state index contributed by atoms with van der Waals surface area (Å²) in [5.74, 6) is 0. The van der Waals surface area contributed by atoms with Crippen molar-refractivity contribution in [3.8, 4) is 33.4 Å². The van der Waals surface area contributed by atoms with E-state index in [9.17, 15) is 11.0 Å². The van der Waals surface area contributed by atoms with Crippen LogP contribution in [0.3, 0.4) is 0 Å². The van der Waals surface area contributed by atoms with Crippen molar-refractivity contribution in [3.63, 3.8) is 0 Å². The van der Waals surface area contributed by atoms with Gasteiger partial charge in [-0.3, -0.25) is 0 Å². The first kappa shape index (κ1) is 9.97. The Kier molecular flexibility index (Phi) is 2.19. The van der Waals surface area contributed by atoms with E-state index in [4.69, 9.17) is 27.7 Å². The maximum absolute atomic E-state index is 9.72. The van der Waals surface area contributed by atoms with Crippen molar-refractivity contribution in [2.75, 3.05) is 0 Å². The Morgan fingerprint density at radius 3 is 1.79 bits per heavy atom. The van der Waals surface area contributed by atoms with Gasteiger partial charge >= 0.3 is 0 Å². The molecule has 9 rings (SSSR count). The largest absolute Gasteiger partial charge is 0.455 e. The van der Waals surface area contributed by atoms with Gasteiger partial charge in [-0.05, 0) is 72.7 Å². The van der Waals surface area contributed by atoms with Gasteiger partial charge in [0.05, 0.1) is 34.3 Å². The number of hydrogen-bond acceptors (Lipinski definition) is 1. The summed E-state index contributed by atoms with van der Waals surface area (Å²) in [6.07, 6.45) is 0. The molecule has 0 bridgehead atoms. The molecule has 1 aromatic heterocycles. The highest BCUT2D eigenvalue weighted by atomic mass is 16.3. The van der Waals surface area contributed by atoms with Gasteiger partial charge in [0.15, 0.2) is 0 Å². The van der Waals surface area contributed by atoms with Crippen LogP contribution in [0.2, 0.25) is 0 Å². The zero-order valence-electron chi connectivity index (χ0n) is 46.5. The molecule has 0 N–H and O–H groups in total. The standard InChI is InChI=1S/C42H26O/c1-2-12-28-25-30(24-23-27(28)11-1)29-13-9-14-31(26-29)40-33-16-3-5-18-35(33)41(36-19-6-4-17-34(36)40)38-21-10-20-37-32-15-7-8-22-39(32)43-42(37)38/h1-26H/i1D,2D,3D,4D,5D,6D,7D,8D,9D,10D,11D,12D,14D,15D,16D,17D,18D,19D,20D,21D,22D,23D,24D,25D,26D. The van der Waals surface area contributed by atoms with E-state index < -0.39 is 239 Å². The Labute approximate surface area is 284 Å². The van der Waals surface area contributed by atoms with Crippen molar-refractivity contribution in [3.05, 3.63) is 157 Å². The number of hydrogen-bond donors (Lipinski definition) is 0. The van der Waals surface area contributed by atoms with Gasteiger partial charge < -0.3 is 4.42 Å². The van der Waals surface area contributed by atoms with E-state index in [1.807, 2.05) is 0 Å². The zero-order valence-corrected chi connectivity index (χ0v) is 21.5. The number of para-hydroxylation sites is 2. The van der Waals surface area contributed by atoms with Crippen LogP contribution in [-0.2, 0) is 0 Å². The molecule has 0 aliphatic rings. The Balaban J connectivity index is 1.59. The van der Waals surface area contributed by atoms with Gasteiger partial charge in [0.2, 0.25) is 0 Å². The molecule has 43 heavy (non-hydrogen) atoms. The average molecular weight is 572 g/mol. The highest BCUT2D eigenvalue weighted by molar-refractivity contribution is 6.24. The second-order valence-electron chi connectivity index (χ2n) is 9.34. The summed E-state index contributed by atoms with van der Waals surface area (Å²) in [4.78, 5) is 0. The van der Waals surface area contributed by atoms with Crippen LogP contribution in [0.25, 0.3) is 87.6 Å². The van der Waals surface area contributed by atoms with E-state index in [-0.39, 0.29) is 0 Å². The van der Waals surface area contributed by atoms with Crippen LogP contribution in [0.15, 0.2) is 162 Å². The van der Waals surface area contributed by atoms with Crippen molar-refractivity contribution in [2.45, 2.75) is 0 Å². The quantitative estimate of drug-likeness (QED) is 0.192. The van der Waals surface area contributed by atoms with E-state index in [2.05, 4.69) is 0 Å². The summed E-state index contributed by atoms with van der Waals surface area (Å²) in [6, 6.07) is -20.2. The average Bonchev–Trinajstić information content (AvgIpc) is 3.71. The predicted octanol–water partition coefficient (Wildman–Crippen LogP) is 12.0. The SMILES string of the molecule is [2H]c1cc(-c2c([2H])c([2H])c3c([2H])c([2H])c([2H])c([2H])c3c2[2H])c([2H])c(-c2c3c([2H])c([2H])c([2H])c([2H])c3c(-c3c([2H])c([2H])c([2H])c4c3oc3c([2H])c([2H])c([2H])c([2H])c34)c3c([2H])c([2H])c([2H])c([2H])c23)c1[2H]. The second-order valence-corrected chi connectivity index (χ2v) is 9.34. The molecule has 0 atom stereocenters. The summed E-state index contributed by atoms with van der Waals surface area (Å²) in [5.41, 5.74) is -5.02. The summed E-state index contributed by atoms with van der Waals surface area (Å²) in [6.45, 7) is 0. The van der Waals surface area contributed by atoms with Crippen LogP contribution in [0, 0.1) is 0 Å². The van der Waals surface area contributed by atoms with Crippen molar-refractivity contribution in [1.29, 1.82) is 0 Å². The highest BCUT2D eigenvalue weighted by Gasteiger charge is 2.20. The molecule has 0 unspecified atom stereocenters. The molecule has 1 heterocycles. The third kappa shape index (κ3) is 3.72. The van der Waals surface area contributed by atoms with Crippen molar-refractivity contribution < 1.29 is 38.7 Å². The smallest absolute Gasteiger partial charge is 0.143 e. The fourth-order valence-electron chi connectivity index (χ4n) is 5.19.